The monoisotopic (exact) mass is 487 g/mol. The van der Waals surface area contributed by atoms with Crippen molar-refractivity contribution in [2.24, 2.45) is 0 Å². The average molecular weight is 489 g/mol. The topological polar surface area (TPSA) is 30.5 Å². The van der Waals surface area contributed by atoms with E-state index in [0.29, 0.717) is 0 Å². The first-order valence-corrected chi connectivity index (χ1v) is 10.6. The molecule has 0 radical (unpaired) electrons. The van der Waals surface area contributed by atoms with Crippen molar-refractivity contribution in [2.45, 2.75) is 38.9 Å². The molecule has 0 aromatic heterocycles. The average Bonchev–Trinajstić information content (AvgIpc) is 2.82. The van der Waals surface area contributed by atoms with Crippen LogP contribution in [-0.4, -0.2) is 25.2 Å². The fourth-order valence-corrected chi connectivity index (χ4v) is 4.54. The van der Waals surface area contributed by atoms with Gasteiger partial charge in [0.05, 0.1) is 11.2 Å². The Morgan fingerprint density at radius 1 is 0.926 bits per heavy atom. The fourth-order valence-electron chi connectivity index (χ4n) is 3.42. The number of fused-ring (bicyclic) bond motifs is 1. The third-order valence-electron chi connectivity index (χ3n) is 5.66. The van der Waals surface area contributed by atoms with E-state index >= 15 is 0 Å². The highest BCUT2D eigenvalue weighted by Crippen LogP contribution is 2.38. The highest BCUT2D eigenvalue weighted by molar-refractivity contribution is 9.12. The van der Waals surface area contributed by atoms with Crippen LogP contribution in [0.1, 0.15) is 33.3 Å². The van der Waals surface area contributed by atoms with Crippen molar-refractivity contribution in [2.75, 3.05) is 5.23 Å². The van der Waals surface area contributed by atoms with Gasteiger partial charge in [-0.2, -0.15) is 0 Å². The second-order valence-electron chi connectivity index (χ2n) is 8.06. The number of hydrogen-bond acceptors (Lipinski definition) is 3. The third-order valence-corrected chi connectivity index (χ3v) is 6.81. The van der Waals surface area contributed by atoms with Gasteiger partial charge in [0.1, 0.15) is 0 Å². The summed E-state index contributed by atoms with van der Waals surface area (Å²) < 4.78 is 14.7. The summed E-state index contributed by atoms with van der Waals surface area (Å²) in [5, 5.41) is 3.69. The van der Waals surface area contributed by atoms with Gasteiger partial charge in [-0.05, 0) is 55.8 Å². The molecule has 0 aliphatic carbocycles. The number of hydrogen-bond donors (Lipinski definition) is 1. The van der Waals surface area contributed by atoms with Gasteiger partial charge in [0.25, 0.3) is 0 Å². The van der Waals surface area contributed by atoms with E-state index in [1.807, 2.05) is 6.07 Å². The molecule has 0 bridgehead atoms. The molecule has 0 unspecified atom stereocenters. The maximum absolute atomic E-state index is 6.32. The minimum atomic E-state index is -0.421. The normalized spacial score (nSPS) is 20.1. The van der Waals surface area contributed by atoms with Crippen LogP contribution in [0.4, 0.5) is 5.69 Å². The smallest absolute Gasteiger partial charge is 0.420 e. The van der Waals surface area contributed by atoms with Crippen LogP contribution in [0, 0.1) is 0 Å². The van der Waals surface area contributed by atoms with Crippen LogP contribution in [0.25, 0.3) is 6.08 Å². The molecule has 1 saturated heterocycles. The Bertz CT molecular complexity index is 900. The van der Waals surface area contributed by atoms with Crippen LogP contribution in [0.2, 0.25) is 0 Å². The minimum Gasteiger partial charge on any atom is -0.420 e. The molecule has 138 valence electrons. The molecule has 0 atom stereocenters. The summed E-state index contributed by atoms with van der Waals surface area (Å²) >= 11 is 7.39. The summed E-state index contributed by atoms with van der Waals surface area (Å²) in [5.74, 6) is 0. The van der Waals surface area contributed by atoms with Gasteiger partial charge in [0.2, 0.25) is 0 Å². The van der Waals surface area contributed by atoms with E-state index < -0.39 is 7.12 Å². The number of rotatable bonds is 2. The van der Waals surface area contributed by atoms with Gasteiger partial charge in [-0.3, -0.25) is 0 Å². The Kier molecular flexibility index (Phi) is 4.86. The van der Waals surface area contributed by atoms with Crippen molar-refractivity contribution >= 4 is 68.5 Å². The van der Waals surface area contributed by atoms with E-state index in [4.69, 9.17) is 9.31 Å². The molecule has 7 heteroatoms. The summed E-state index contributed by atoms with van der Waals surface area (Å²) in [6.07, 6.45) is 2.17. The summed E-state index contributed by atoms with van der Waals surface area (Å²) in [6, 6.07) is 14.6. The molecule has 4 rings (SSSR count). The molecular weight excluding hydrogens is 468 g/mol. The van der Waals surface area contributed by atoms with Gasteiger partial charge in [0.15, 0.2) is 0 Å². The first kappa shape index (κ1) is 19.3. The lowest BCUT2D eigenvalue weighted by Gasteiger charge is -2.32. The fraction of sp³-hybridized carbons (Fsp3) is 0.300. The van der Waals surface area contributed by atoms with E-state index in [1.165, 1.54) is 5.46 Å². The summed E-state index contributed by atoms with van der Waals surface area (Å²) in [4.78, 5) is 0. The molecule has 1 fully saturated rings. The Hall–Kier alpha value is -1.01. The third kappa shape index (κ3) is 3.44. The van der Waals surface area contributed by atoms with E-state index in [9.17, 15) is 0 Å². The van der Waals surface area contributed by atoms with Gasteiger partial charge >= 0.3 is 14.0 Å². The Morgan fingerprint density at radius 3 is 2.19 bits per heavy atom. The van der Waals surface area contributed by atoms with Crippen molar-refractivity contribution in [1.29, 1.82) is 0 Å². The van der Waals surface area contributed by atoms with Crippen molar-refractivity contribution in [1.82, 2.24) is 0 Å². The van der Waals surface area contributed by atoms with Gasteiger partial charge < -0.3 is 14.5 Å². The van der Waals surface area contributed by atoms with Crippen molar-refractivity contribution in [3.63, 3.8) is 0 Å². The Labute approximate surface area is 178 Å². The zero-order chi connectivity index (χ0) is 19.4. The highest BCUT2D eigenvalue weighted by atomic mass is 79.9. The molecule has 0 amide bonds. The number of benzene rings is 2. The lowest BCUT2D eigenvalue weighted by molar-refractivity contribution is 0.00578. The SMILES string of the molecule is CC1(C)OB(c2cc(Br)cc3c2NB(c2ccccc2)C(Br)=C3)OC1(C)C. The second kappa shape index (κ2) is 6.80. The summed E-state index contributed by atoms with van der Waals surface area (Å²) in [6.45, 7) is 8.37. The maximum atomic E-state index is 6.32. The first-order chi connectivity index (χ1) is 12.7. The van der Waals surface area contributed by atoms with Crippen LogP contribution in [-0.2, 0) is 9.31 Å². The van der Waals surface area contributed by atoms with Crippen LogP contribution in [0.5, 0.6) is 0 Å². The molecule has 0 saturated carbocycles. The van der Waals surface area contributed by atoms with Crippen molar-refractivity contribution < 1.29 is 9.31 Å². The highest BCUT2D eigenvalue weighted by Gasteiger charge is 2.52. The summed E-state index contributed by atoms with van der Waals surface area (Å²) in [5.41, 5.74) is 3.61. The van der Waals surface area contributed by atoms with Crippen LogP contribution < -0.4 is 16.2 Å². The zero-order valence-corrected chi connectivity index (χ0v) is 19.0. The lowest BCUT2D eigenvalue weighted by atomic mass is 9.53. The number of nitrogens with one attached hydrogen (secondary N) is 1. The molecule has 27 heavy (non-hydrogen) atoms. The largest absolute Gasteiger partial charge is 0.496 e. The van der Waals surface area contributed by atoms with Crippen molar-refractivity contribution in [3.8, 4) is 0 Å². The van der Waals surface area contributed by atoms with Crippen LogP contribution >= 0.6 is 31.9 Å². The van der Waals surface area contributed by atoms with Crippen molar-refractivity contribution in [3.05, 3.63) is 56.9 Å². The van der Waals surface area contributed by atoms with E-state index in [-0.39, 0.29) is 18.0 Å². The predicted molar refractivity (Wildman–Crippen MR) is 122 cm³/mol. The molecule has 0 spiro atoms. The Balaban J connectivity index is 1.78. The van der Waals surface area contributed by atoms with Gasteiger partial charge in [-0.15, -0.1) is 0 Å². The molecular formula is C20H21B2Br2NO2. The van der Waals surface area contributed by atoms with Crippen LogP contribution in [0.3, 0.4) is 0 Å². The zero-order valence-electron chi connectivity index (χ0n) is 15.8. The van der Waals surface area contributed by atoms with E-state index in [0.717, 1.165) is 25.6 Å². The van der Waals surface area contributed by atoms with E-state index in [1.54, 1.807) is 0 Å². The van der Waals surface area contributed by atoms with Gasteiger partial charge in [0, 0.05) is 15.6 Å². The molecule has 2 aromatic rings. The molecule has 2 aliphatic heterocycles. The molecule has 1 N–H and O–H groups in total. The van der Waals surface area contributed by atoms with Gasteiger partial charge in [-0.25, -0.2) is 0 Å². The predicted octanol–water partition coefficient (Wildman–Crippen LogP) is 4.35. The minimum absolute atomic E-state index is 0.0565. The Morgan fingerprint density at radius 2 is 1.56 bits per heavy atom. The standard InChI is InChI=1S/C20H21B2Br2NO2/c1-19(2)20(3,4)27-22(26-19)16-12-15(23)10-13-11-17(24)21(25-18(13)16)14-8-6-5-7-9-14/h5-12,25H,1-4H3. The lowest BCUT2D eigenvalue weighted by Crippen LogP contribution is -2.45. The van der Waals surface area contributed by atoms with E-state index in [2.05, 4.69) is 107 Å². The first-order valence-electron chi connectivity index (χ1n) is 9.06. The quantitative estimate of drug-likeness (QED) is 0.638. The number of halogens is 2. The molecule has 3 nitrogen and oxygen atoms in total. The molecule has 2 heterocycles. The van der Waals surface area contributed by atoms with Crippen LogP contribution in [0.15, 0.2) is 51.3 Å². The molecule has 2 aliphatic rings. The second-order valence-corrected chi connectivity index (χ2v) is 9.90. The number of anilines is 1. The summed E-state index contributed by atoms with van der Waals surface area (Å²) in [7, 11) is -0.421. The van der Waals surface area contributed by atoms with Gasteiger partial charge in [-0.1, -0.05) is 67.7 Å². The molecule has 2 aromatic carbocycles. The maximum Gasteiger partial charge on any atom is 0.496 e.